The van der Waals surface area contributed by atoms with E-state index < -0.39 is 0 Å². The van der Waals surface area contributed by atoms with E-state index in [1.165, 1.54) is 23.5 Å². The second-order valence-corrected chi connectivity index (χ2v) is 7.61. The number of thioether (sulfide) groups is 2. The van der Waals surface area contributed by atoms with Gasteiger partial charge in [0, 0.05) is 10.9 Å². The summed E-state index contributed by atoms with van der Waals surface area (Å²) in [4.78, 5) is 0. The van der Waals surface area contributed by atoms with E-state index in [1.54, 1.807) is 0 Å². The molecule has 1 fully saturated rings. The van der Waals surface area contributed by atoms with Crippen LogP contribution in [0.15, 0.2) is 24.3 Å². The molecule has 2 rings (SSSR count). The third-order valence-corrected chi connectivity index (χ3v) is 6.61. The van der Waals surface area contributed by atoms with Crippen molar-refractivity contribution >= 4 is 46.7 Å². The Bertz CT molecular complexity index is 326. The van der Waals surface area contributed by atoms with Gasteiger partial charge in [-0.1, -0.05) is 23.7 Å². The van der Waals surface area contributed by atoms with Gasteiger partial charge in [0.25, 0.3) is 0 Å². The minimum atomic E-state index is 0.157. The highest BCUT2D eigenvalue weighted by Crippen LogP contribution is 2.52. The third kappa shape index (κ3) is 2.84. The zero-order valence-corrected chi connectivity index (χ0v) is 12.1. The smallest absolute Gasteiger partial charge is 0.0871 e. The van der Waals surface area contributed by atoms with Gasteiger partial charge in [-0.2, -0.15) is 0 Å². The van der Waals surface area contributed by atoms with Crippen LogP contribution in [-0.2, 0) is 4.08 Å². The summed E-state index contributed by atoms with van der Waals surface area (Å²) >= 11 is 15.9. The molecular weight excluding hydrogens is 279 g/mol. The first-order chi connectivity index (χ1) is 7.77. The highest BCUT2D eigenvalue weighted by molar-refractivity contribution is 8.18. The van der Waals surface area contributed by atoms with Crippen LogP contribution in [0.2, 0.25) is 5.02 Å². The van der Waals surface area contributed by atoms with Gasteiger partial charge in [0.05, 0.1) is 4.08 Å². The molecule has 0 bridgehead atoms. The summed E-state index contributed by atoms with van der Waals surface area (Å²) in [6.07, 6.45) is 2.32. The first-order valence-corrected chi connectivity index (χ1v) is 8.25. The van der Waals surface area contributed by atoms with Crippen LogP contribution in [0.25, 0.3) is 0 Å². The van der Waals surface area contributed by atoms with Crippen LogP contribution in [0.3, 0.4) is 0 Å². The van der Waals surface area contributed by atoms with Crippen molar-refractivity contribution in [1.82, 2.24) is 0 Å². The molecule has 1 saturated heterocycles. The molecule has 0 spiro atoms. The second kappa shape index (κ2) is 5.90. The first kappa shape index (κ1) is 12.9. The van der Waals surface area contributed by atoms with E-state index in [4.69, 9.17) is 23.2 Å². The molecule has 1 aliphatic rings. The van der Waals surface area contributed by atoms with E-state index in [0.29, 0.717) is 5.88 Å². The van der Waals surface area contributed by atoms with Crippen molar-refractivity contribution in [2.45, 2.75) is 16.9 Å². The molecule has 0 saturated carbocycles. The average Bonchev–Trinajstić information content (AvgIpc) is 2.31. The van der Waals surface area contributed by atoms with Gasteiger partial charge in [0.15, 0.2) is 0 Å². The predicted octanol–water partition coefficient (Wildman–Crippen LogP) is 4.99. The third-order valence-electron chi connectivity index (χ3n) is 2.67. The molecule has 1 heterocycles. The molecule has 16 heavy (non-hydrogen) atoms. The van der Waals surface area contributed by atoms with E-state index >= 15 is 0 Å². The van der Waals surface area contributed by atoms with Crippen LogP contribution in [0.5, 0.6) is 0 Å². The standard InChI is InChI=1S/C12H14Cl2S2/c13-7-6-12(15-8-1-9-16-12)10-2-4-11(14)5-3-10/h2-5H,1,6-9H2. The summed E-state index contributed by atoms with van der Waals surface area (Å²) in [7, 11) is 0. The minimum Gasteiger partial charge on any atom is -0.139 e. The maximum absolute atomic E-state index is 5.95. The van der Waals surface area contributed by atoms with Gasteiger partial charge in [0.1, 0.15) is 0 Å². The average molecular weight is 293 g/mol. The van der Waals surface area contributed by atoms with Gasteiger partial charge in [-0.25, -0.2) is 0 Å². The Labute approximate surface area is 115 Å². The van der Waals surface area contributed by atoms with Crippen LogP contribution in [0.4, 0.5) is 0 Å². The topological polar surface area (TPSA) is 0 Å². The molecule has 0 amide bonds. The molecule has 0 unspecified atom stereocenters. The number of rotatable bonds is 3. The number of hydrogen-bond donors (Lipinski definition) is 0. The number of hydrogen-bond acceptors (Lipinski definition) is 2. The number of halogens is 2. The van der Waals surface area contributed by atoms with Crippen molar-refractivity contribution in [2.24, 2.45) is 0 Å². The molecule has 0 aliphatic carbocycles. The maximum atomic E-state index is 5.95. The molecule has 1 aromatic rings. The monoisotopic (exact) mass is 292 g/mol. The van der Waals surface area contributed by atoms with Crippen molar-refractivity contribution < 1.29 is 0 Å². The minimum absolute atomic E-state index is 0.157. The summed E-state index contributed by atoms with van der Waals surface area (Å²) in [5, 5.41) is 0.801. The Balaban J connectivity index is 2.26. The van der Waals surface area contributed by atoms with Crippen LogP contribution in [0, 0.1) is 0 Å². The molecule has 88 valence electrons. The maximum Gasteiger partial charge on any atom is 0.0871 e. The van der Waals surface area contributed by atoms with Crippen molar-refractivity contribution in [2.75, 3.05) is 17.4 Å². The lowest BCUT2D eigenvalue weighted by atomic mass is 10.1. The Hall–Kier alpha value is 0.500. The molecule has 0 nitrogen and oxygen atoms in total. The molecule has 0 radical (unpaired) electrons. The zero-order chi connectivity index (χ0) is 11.4. The highest BCUT2D eigenvalue weighted by Gasteiger charge is 2.34. The molecular formula is C12H14Cl2S2. The highest BCUT2D eigenvalue weighted by atomic mass is 35.5. The van der Waals surface area contributed by atoms with E-state index in [1.807, 2.05) is 35.7 Å². The van der Waals surface area contributed by atoms with E-state index in [2.05, 4.69) is 12.1 Å². The summed E-state index contributed by atoms with van der Waals surface area (Å²) in [5.74, 6) is 3.17. The largest absolute Gasteiger partial charge is 0.139 e. The predicted molar refractivity (Wildman–Crippen MR) is 78.0 cm³/mol. The van der Waals surface area contributed by atoms with Crippen molar-refractivity contribution in [3.8, 4) is 0 Å². The number of alkyl halides is 1. The van der Waals surface area contributed by atoms with Gasteiger partial charge < -0.3 is 0 Å². The molecule has 1 aromatic carbocycles. The summed E-state index contributed by atoms with van der Waals surface area (Å²) in [6.45, 7) is 0. The Morgan fingerprint density at radius 3 is 2.31 bits per heavy atom. The van der Waals surface area contributed by atoms with Gasteiger partial charge >= 0.3 is 0 Å². The van der Waals surface area contributed by atoms with Crippen molar-refractivity contribution in [3.05, 3.63) is 34.9 Å². The number of benzene rings is 1. The fourth-order valence-corrected chi connectivity index (χ4v) is 5.84. The van der Waals surface area contributed by atoms with Crippen LogP contribution < -0.4 is 0 Å². The molecule has 1 aliphatic heterocycles. The Kier molecular flexibility index (Phi) is 4.77. The lowest BCUT2D eigenvalue weighted by molar-refractivity contribution is 0.822. The Morgan fingerprint density at radius 2 is 1.75 bits per heavy atom. The van der Waals surface area contributed by atoms with Crippen LogP contribution in [0.1, 0.15) is 18.4 Å². The van der Waals surface area contributed by atoms with E-state index in [-0.39, 0.29) is 4.08 Å². The van der Waals surface area contributed by atoms with Crippen LogP contribution >= 0.6 is 46.7 Å². The van der Waals surface area contributed by atoms with Crippen LogP contribution in [-0.4, -0.2) is 17.4 Å². The van der Waals surface area contributed by atoms with Gasteiger partial charge in [-0.05, 0) is 42.0 Å². The molecule has 0 atom stereocenters. The fourth-order valence-electron chi connectivity index (χ4n) is 1.86. The van der Waals surface area contributed by atoms with Crippen molar-refractivity contribution in [1.29, 1.82) is 0 Å². The SMILES string of the molecule is ClCCC1(c2ccc(Cl)cc2)SCCCS1. The molecule has 0 aromatic heterocycles. The van der Waals surface area contributed by atoms with Crippen molar-refractivity contribution in [3.63, 3.8) is 0 Å². The normalized spacial score (nSPS) is 19.6. The van der Waals surface area contributed by atoms with Gasteiger partial charge in [-0.15, -0.1) is 35.1 Å². The second-order valence-electron chi connectivity index (χ2n) is 3.75. The Morgan fingerprint density at radius 1 is 1.12 bits per heavy atom. The molecule has 4 heteroatoms. The van der Waals surface area contributed by atoms with E-state index in [0.717, 1.165) is 11.4 Å². The van der Waals surface area contributed by atoms with E-state index in [9.17, 15) is 0 Å². The summed E-state index contributed by atoms with van der Waals surface area (Å²) < 4.78 is 0.157. The first-order valence-electron chi connectivity index (χ1n) is 5.37. The lowest BCUT2D eigenvalue weighted by Crippen LogP contribution is -2.23. The van der Waals surface area contributed by atoms with Gasteiger partial charge in [0.2, 0.25) is 0 Å². The molecule has 0 N–H and O–H groups in total. The fraction of sp³-hybridized carbons (Fsp3) is 0.500. The summed E-state index contributed by atoms with van der Waals surface area (Å²) in [6, 6.07) is 8.23. The lowest BCUT2D eigenvalue weighted by Gasteiger charge is -2.36. The summed E-state index contributed by atoms with van der Waals surface area (Å²) in [5.41, 5.74) is 1.35. The quantitative estimate of drug-likeness (QED) is 0.720. The zero-order valence-electron chi connectivity index (χ0n) is 8.92. The van der Waals surface area contributed by atoms with Gasteiger partial charge in [-0.3, -0.25) is 0 Å².